The van der Waals surface area contributed by atoms with Crippen LogP contribution in [-0.2, 0) is 9.47 Å². The Morgan fingerprint density at radius 3 is 2.72 bits per heavy atom. The summed E-state index contributed by atoms with van der Waals surface area (Å²) in [4.78, 5) is 20.0. The maximum absolute atomic E-state index is 13.2. The summed E-state index contributed by atoms with van der Waals surface area (Å²) in [5.41, 5.74) is 1.06. The Labute approximate surface area is 173 Å². The highest BCUT2D eigenvalue weighted by atomic mass is 32.2. The van der Waals surface area contributed by atoms with Crippen molar-refractivity contribution in [2.75, 3.05) is 33.4 Å². The number of piperidine rings is 1. The number of fused-ring (bicyclic) bond motifs is 1. The Balaban J connectivity index is 1.45. The van der Waals surface area contributed by atoms with Crippen LogP contribution in [0.3, 0.4) is 0 Å². The van der Waals surface area contributed by atoms with Crippen LogP contribution in [-0.4, -0.2) is 70.0 Å². The maximum atomic E-state index is 13.2. The molecular weight excluding hydrogens is 392 g/mol. The van der Waals surface area contributed by atoms with Gasteiger partial charge in [0, 0.05) is 25.9 Å². The van der Waals surface area contributed by atoms with E-state index in [2.05, 4.69) is 21.0 Å². The molecule has 1 aromatic heterocycles. The van der Waals surface area contributed by atoms with Crippen molar-refractivity contribution in [2.24, 2.45) is 0 Å². The van der Waals surface area contributed by atoms with E-state index in [1.165, 1.54) is 16.4 Å². The summed E-state index contributed by atoms with van der Waals surface area (Å²) < 4.78 is 18.7. The van der Waals surface area contributed by atoms with Gasteiger partial charge in [0.05, 0.1) is 26.4 Å². The highest BCUT2D eigenvalue weighted by Gasteiger charge is 2.47. The number of carbonyl (C=O) groups is 1. The Morgan fingerprint density at radius 1 is 1.28 bits per heavy atom. The third kappa shape index (κ3) is 3.35. The summed E-state index contributed by atoms with van der Waals surface area (Å²) in [5, 5.41) is 4.65. The van der Waals surface area contributed by atoms with Gasteiger partial charge in [-0.2, -0.15) is 4.68 Å². The molecule has 0 bridgehead atoms. The van der Waals surface area contributed by atoms with Gasteiger partial charge in [-0.3, -0.25) is 9.69 Å². The molecule has 1 aromatic carbocycles. The maximum Gasteiger partial charge on any atom is 0.264 e. The molecule has 2 aromatic rings. The summed E-state index contributed by atoms with van der Waals surface area (Å²) in [5.74, 6) is 0.929. The quantitative estimate of drug-likeness (QED) is 0.751. The van der Waals surface area contributed by atoms with Crippen molar-refractivity contribution in [1.82, 2.24) is 19.7 Å². The fraction of sp³-hybridized carbons (Fsp3) is 0.550. The molecule has 5 rings (SSSR count). The second kappa shape index (κ2) is 7.39. The molecule has 9 heteroatoms. The lowest BCUT2D eigenvalue weighted by Crippen LogP contribution is -2.49. The molecule has 2 unspecified atom stereocenters. The van der Waals surface area contributed by atoms with Crippen molar-refractivity contribution in [1.29, 1.82) is 0 Å². The van der Waals surface area contributed by atoms with Gasteiger partial charge >= 0.3 is 0 Å². The number of benzene rings is 1. The first kappa shape index (κ1) is 19.0. The topological polar surface area (TPSA) is 78.7 Å². The summed E-state index contributed by atoms with van der Waals surface area (Å²) in [6, 6.07) is 7.87. The molecule has 1 spiro atoms. The molecule has 0 aliphatic carbocycles. The predicted molar refractivity (Wildman–Crippen MR) is 106 cm³/mol. The third-order valence-corrected chi connectivity index (χ3v) is 7.05. The van der Waals surface area contributed by atoms with Gasteiger partial charge in [-0.25, -0.2) is 4.98 Å². The highest BCUT2D eigenvalue weighted by molar-refractivity contribution is 8.00. The molecule has 0 N–H and O–H groups in total. The first-order valence-corrected chi connectivity index (χ1v) is 10.8. The molecule has 8 nitrogen and oxygen atoms in total. The summed E-state index contributed by atoms with van der Waals surface area (Å²) >= 11 is 1.49. The highest BCUT2D eigenvalue weighted by Crippen LogP contribution is 2.43. The predicted octanol–water partition coefficient (Wildman–Crippen LogP) is 2.29. The van der Waals surface area contributed by atoms with Gasteiger partial charge in [0.15, 0.2) is 10.9 Å². The molecule has 2 saturated heterocycles. The van der Waals surface area contributed by atoms with Crippen molar-refractivity contribution in [3.8, 4) is 5.75 Å². The van der Waals surface area contributed by atoms with E-state index >= 15 is 0 Å². The molecule has 0 amide bonds. The van der Waals surface area contributed by atoms with Crippen LogP contribution < -0.4 is 4.74 Å². The zero-order valence-electron chi connectivity index (χ0n) is 16.5. The first-order valence-electron chi connectivity index (χ1n) is 9.89. The van der Waals surface area contributed by atoms with Crippen molar-refractivity contribution < 1.29 is 19.0 Å². The van der Waals surface area contributed by atoms with Crippen LogP contribution in [0.25, 0.3) is 0 Å². The van der Waals surface area contributed by atoms with Crippen LogP contribution in [0.2, 0.25) is 0 Å². The molecule has 0 radical (unpaired) electrons. The fourth-order valence-corrected chi connectivity index (χ4v) is 5.73. The summed E-state index contributed by atoms with van der Waals surface area (Å²) in [6.07, 6.45) is 1.59. The number of hydrogen-bond donors (Lipinski definition) is 0. The van der Waals surface area contributed by atoms with E-state index in [9.17, 15) is 4.79 Å². The molecule has 4 heterocycles. The number of carbonyl (C=O) groups excluding carboxylic acids is 1. The van der Waals surface area contributed by atoms with E-state index in [-0.39, 0.29) is 17.2 Å². The molecule has 0 saturated carbocycles. The molecule has 3 aliphatic rings. The summed E-state index contributed by atoms with van der Waals surface area (Å²) in [7, 11) is 1.66. The van der Waals surface area contributed by atoms with Crippen LogP contribution in [0, 0.1) is 6.92 Å². The number of rotatable bonds is 4. The van der Waals surface area contributed by atoms with E-state index in [0.717, 1.165) is 37.2 Å². The van der Waals surface area contributed by atoms with Crippen LogP contribution in [0.1, 0.15) is 35.1 Å². The van der Waals surface area contributed by atoms with Crippen LogP contribution in [0.5, 0.6) is 5.75 Å². The zero-order valence-corrected chi connectivity index (χ0v) is 17.4. The minimum atomic E-state index is -0.451. The van der Waals surface area contributed by atoms with E-state index < -0.39 is 5.79 Å². The second-order valence-corrected chi connectivity index (χ2v) is 8.70. The number of aryl methyl sites for hydroxylation is 1. The van der Waals surface area contributed by atoms with Gasteiger partial charge in [0.2, 0.25) is 0 Å². The Bertz CT molecular complexity index is 917. The number of hydrogen-bond acceptors (Lipinski definition) is 8. The van der Waals surface area contributed by atoms with Crippen molar-refractivity contribution in [2.45, 2.75) is 42.0 Å². The minimum absolute atomic E-state index is 0.0212. The van der Waals surface area contributed by atoms with Crippen molar-refractivity contribution in [3.05, 3.63) is 35.7 Å². The second-order valence-electron chi connectivity index (χ2n) is 7.60. The largest absolute Gasteiger partial charge is 0.497 e. The van der Waals surface area contributed by atoms with E-state index in [4.69, 9.17) is 14.2 Å². The van der Waals surface area contributed by atoms with Crippen LogP contribution >= 0.6 is 11.8 Å². The lowest BCUT2D eigenvalue weighted by molar-refractivity contribution is -0.187. The zero-order chi connectivity index (χ0) is 20.0. The average molecular weight is 417 g/mol. The molecule has 29 heavy (non-hydrogen) atoms. The summed E-state index contributed by atoms with van der Waals surface area (Å²) in [6.45, 7) is 4.70. The smallest absolute Gasteiger partial charge is 0.264 e. The fourth-order valence-electron chi connectivity index (χ4n) is 4.43. The van der Waals surface area contributed by atoms with Gasteiger partial charge in [-0.15, -0.1) is 5.10 Å². The van der Waals surface area contributed by atoms with Crippen LogP contribution in [0.4, 0.5) is 0 Å². The Morgan fingerprint density at radius 2 is 2.03 bits per heavy atom. The number of methoxy groups -OCH3 is 1. The molecule has 154 valence electrons. The average Bonchev–Trinajstić information content (AvgIpc) is 3.41. The van der Waals surface area contributed by atoms with Gasteiger partial charge in [0.1, 0.15) is 16.8 Å². The van der Waals surface area contributed by atoms with E-state index in [1.807, 2.05) is 18.2 Å². The SMILES string of the molecule is COc1cccc(C(C2Sc3nc(C)nn3C2=O)N2CCC3(CC2)OCCO3)c1. The number of aromatic nitrogens is 3. The lowest BCUT2D eigenvalue weighted by atomic mass is 9.95. The van der Waals surface area contributed by atoms with Gasteiger partial charge in [-0.1, -0.05) is 23.9 Å². The third-order valence-electron chi connectivity index (χ3n) is 5.86. The first-order chi connectivity index (χ1) is 14.1. The van der Waals surface area contributed by atoms with Gasteiger partial charge in [0.25, 0.3) is 5.91 Å². The van der Waals surface area contributed by atoms with Crippen LogP contribution in [0.15, 0.2) is 29.4 Å². The van der Waals surface area contributed by atoms with Gasteiger partial charge in [-0.05, 0) is 24.6 Å². The molecule has 3 aliphatic heterocycles. The lowest BCUT2D eigenvalue weighted by Gasteiger charge is -2.42. The van der Waals surface area contributed by atoms with Crippen molar-refractivity contribution in [3.63, 3.8) is 0 Å². The normalized spacial score (nSPS) is 24.8. The van der Waals surface area contributed by atoms with Crippen molar-refractivity contribution >= 4 is 17.7 Å². The number of nitrogens with zero attached hydrogens (tertiary/aromatic N) is 4. The number of likely N-dealkylation sites (tertiary alicyclic amines) is 1. The molecule has 2 atom stereocenters. The Kier molecular flexibility index (Phi) is 4.85. The number of ether oxygens (including phenoxy) is 3. The minimum Gasteiger partial charge on any atom is -0.497 e. The van der Waals surface area contributed by atoms with E-state index in [0.29, 0.717) is 24.2 Å². The molecular formula is C20H24N4O4S. The standard InChI is InChI=1S/C20H24N4O4S/c1-13-21-19-24(22-13)18(25)17(29-19)16(14-4-3-5-15(12-14)26-2)23-8-6-20(7-9-23)27-10-11-28-20/h3-5,12,16-17H,6-11H2,1-2H3. The Hall–Kier alpha value is -1.94. The number of thioether (sulfide) groups is 1. The van der Waals surface area contributed by atoms with E-state index in [1.54, 1.807) is 14.0 Å². The van der Waals surface area contributed by atoms with Gasteiger partial charge < -0.3 is 14.2 Å². The monoisotopic (exact) mass is 416 g/mol. The molecule has 2 fully saturated rings.